The summed E-state index contributed by atoms with van der Waals surface area (Å²) < 4.78 is 5.35. The molecule has 0 amide bonds. The van der Waals surface area contributed by atoms with Gasteiger partial charge >= 0.3 is 0 Å². The molecule has 2 heterocycles. The van der Waals surface area contributed by atoms with Gasteiger partial charge in [0.15, 0.2) is 5.13 Å². The van der Waals surface area contributed by atoms with E-state index < -0.39 is 0 Å². The summed E-state index contributed by atoms with van der Waals surface area (Å²) in [5, 5.41) is 3.09. The molecule has 84 valence electrons. The van der Waals surface area contributed by atoms with Crippen molar-refractivity contribution < 1.29 is 4.74 Å². The van der Waals surface area contributed by atoms with E-state index in [1.54, 1.807) is 11.3 Å². The predicted molar refractivity (Wildman–Crippen MR) is 63.9 cm³/mol. The van der Waals surface area contributed by atoms with Crippen LogP contribution >= 0.6 is 22.9 Å². The topological polar surface area (TPSA) is 25.4 Å². The van der Waals surface area contributed by atoms with Crippen molar-refractivity contribution in [1.82, 2.24) is 4.98 Å². The molecule has 0 atom stereocenters. The van der Waals surface area contributed by atoms with Gasteiger partial charge in [-0.25, -0.2) is 4.98 Å². The molecule has 0 radical (unpaired) electrons. The third-order valence-electron chi connectivity index (χ3n) is 2.72. The van der Waals surface area contributed by atoms with Crippen molar-refractivity contribution in [2.24, 2.45) is 0 Å². The van der Waals surface area contributed by atoms with Crippen molar-refractivity contribution in [3.63, 3.8) is 0 Å². The Labute approximate surface area is 99.0 Å². The molecule has 1 fully saturated rings. The van der Waals surface area contributed by atoms with Crippen LogP contribution in [0.3, 0.4) is 0 Å². The SMILES string of the molecule is CN(c1nc(CCl)cs1)C1CCOCC1. The van der Waals surface area contributed by atoms with Gasteiger partial charge < -0.3 is 9.64 Å². The molecule has 1 aromatic rings. The molecule has 5 heteroatoms. The first-order valence-corrected chi connectivity index (χ1v) is 6.53. The first kappa shape index (κ1) is 11.2. The summed E-state index contributed by atoms with van der Waals surface area (Å²) in [6.07, 6.45) is 2.18. The number of ether oxygens (including phenoxy) is 1. The fraction of sp³-hybridized carbons (Fsp3) is 0.700. The average Bonchev–Trinajstić information content (AvgIpc) is 2.78. The van der Waals surface area contributed by atoms with Gasteiger partial charge in [0.25, 0.3) is 0 Å². The van der Waals surface area contributed by atoms with E-state index in [0.717, 1.165) is 36.9 Å². The molecule has 0 unspecified atom stereocenters. The fourth-order valence-electron chi connectivity index (χ4n) is 1.75. The van der Waals surface area contributed by atoms with Gasteiger partial charge in [0.05, 0.1) is 11.6 Å². The van der Waals surface area contributed by atoms with Crippen LogP contribution in [-0.4, -0.2) is 31.3 Å². The molecule has 15 heavy (non-hydrogen) atoms. The molecule has 3 nitrogen and oxygen atoms in total. The maximum absolute atomic E-state index is 5.74. The zero-order valence-electron chi connectivity index (χ0n) is 8.78. The minimum absolute atomic E-state index is 0.498. The Morgan fingerprint density at radius 1 is 1.60 bits per heavy atom. The maximum Gasteiger partial charge on any atom is 0.185 e. The molecule has 0 aromatic carbocycles. The van der Waals surface area contributed by atoms with Crippen molar-refractivity contribution in [2.75, 3.05) is 25.2 Å². The molecule has 1 saturated heterocycles. The molecule has 0 N–H and O–H groups in total. The third-order valence-corrected chi connectivity index (χ3v) is 3.97. The third kappa shape index (κ3) is 2.62. The van der Waals surface area contributed by atoms with Crippen LogP contribution in [0.2, 0.25) is 0 Å². The van der Waals surface area contributed by atoms with Crippen LogP contribution in [0.15, 0.2) is 5.38 Å². The van der Waals surface area contributed by atoms with Crippen molar-refractivity contribution in [2.45, 2.75) is 24.8 Å². The number of halogens is 1. The van der Waals surface area contributed by atoms with E-state index in [4.69, 9.17) is 16.3 Å². The highest BCUT2D eigenvalue weighted by atomic mass is 35.5. The summed E-state index contributed by atoms with van der Waals surface area (Å²) >= 11 is 7.40. The van der Waals surface area contributed by atoms with Gasteiger partial charge in [0, 0.05) is 31.7 Å². The summed E-state index contributed by atoms with van der Waals surface area (Å²) in [7, 11) is 2.10. The molecule has 1 aliphatic heterocycles. The van der Waals surface area contributed by atoms with Gasteiger partial charge in [-0.1, -0.05) is 0 Å². The maximum atomic E-state index is 5.74. The smallest absolute Gasteiger partial charge is 0.185 e. The minimum Gasteiger partial charge on any atom is -0.381 e. The summed E-state index contributed by atoms with van der Waals surface area (Å²) in [6.45, 7) is 1.73. The highest BCUT2D eigenvalue weighted by Gasteiger charge is 2.20. The molecule has 2 rings (SSSR count). The van der Waals surface area contributed by atoms with Gasteiger partial charge in [-0.3, -0.25) is 0 Å². The number of anilines is 1. The van der Waals surface area contributed by atoms with E-state index in [1.165, 1.54) is 0 Å². The molecule has 0 bridgehead atoms. The van der Waals surface area contributed by atoms with Crippen LogP contribution in [0.1, 0.15) is 18.5 Å². The number of hydrogen-bond donors (Lipinski definition) is 0. The number of nitrogens with zero attached hydrogens (tertiary/aromatic N) is 2. The number of rotatable bonds is 3. The predicted octanol–water partition coefficient (Wildman–Crippen LogP) is 2.50. The van der Waals surface area contributed by atoms with Gasteiger partial charge in [-0.15, -0.1) is 22.9 Å². The second-order valence-electron chi connectivity index (χ2n) is 3.71. The molecule has 1 aromatic heterocycles. The Morgan fingerprint density at radius 2 is 2.33 bits per heavy atom. The second-order valence-corrected chi connectivity index (χ2v) is 4.81. The monoisotopic (exact) mass is 246 g/mol. The first-order valence-electron chi connectivity index (χ1n) is 5.12. The summed E-state index contributed by atoms with van der Waals surface area (Å²) in [5.74, 6) is 0.498. The van der Waals surface area contributed by atoms with Crippen LogP contribution < -0.4 is 4.90 Å². The molecule has 0 saturated carbocycles. The largest absolute Gasteiger partial charge is 0.381 e. The summed E-state index contributed by atoms with van der Waals surface area (Å²) in [5.41, 5.74) is 0.968. The van der Waals surface area contributed by atoms with E-state index in [-0.39, 0.29) is 0 Å². The van der Waals surface area contributed by atoms with Crippen molar-refractivity contribution in [1.29, 1.82) is 0 Å². The quantitative estimate of drug-likeness (QED) is 0.767. The number of alkyl halides is 1. The molecule has 0 aliphatic carbocycles. The number of thiazole rings is 1. The zero-order chi connectivity index (χ0) is 10.7. The van der Waals surface area contributed by atoms with Crippen LogP contribution in [-0.2, 0) is 10.6 Å². The van der Waals surface area contributed by atoms with E-state index in [2.05, 4.69) is 16.9 Å². The highest BCUT2D eigenvalue weighted by Crippen LogP contribution is 2.25. The summed E-state index contributed by atoms with van der Waals surface area (Å²) in [6, 6.07) is 0.563. The highest BCUT2D eigenvalue weighted by molar-refractivity contribution is 7.13. The Balaban J connectivity index is 2.02. The average molecular weight is 247 g/mol. The molecular formula is C10H15ClN2OS. The standard InChI is InChI=1S/C10H15ClN2OS/c1-13(9-2-4-14-5-3-9)10-12-8(6-11)7-15-10/h7,9H,2-6H2,1H3. The van der Waals surface area contributed by atoms with E-state index in [0.29, 0.717) is 11.9 Å². The van der Waals surface area contributed by atoms with Crippen LogP contribution in [0, 0.1) is 0 Å². The van der Waals surface area contributed by atoms with E-state index in [1.807, 2.05) is 5.38 Å². The lowest BCUT2D eigenvalue weighted by atomic mass is 10.1. The normalized spacial score (nSPS) is 18.0. The lowest BCUT2D eigenvalue weighted by Gasteiger charge is -2.30. The van der Waals surface area contributed by atoms with Crippen molar-refractivity contribution >= 4 is 28.1 Å². The Bertz CT molecular complexity index is 312. The molecular weight excluding hydrogens is 232 g/mol. The second kappa shape index (κ2) is 5.14. The number of aromatic nitrogens is 1. The van der Waals surface area contributed by atoms with Crippen molar-refractivity contribution in [3.8, 4) is 0 Å². The lowest BCUT2D eigenvalue weighted by Crippen LogP contribution is -2.36. The van der Waals surface area contributed by atoms with E-state index >= 15 is 0 Å². The fourth-order valence-corrected chi connectivity index (χ4v) is 2.84. The van der Waals surface area contributed by atoms with Crippen molar-refractivity contribution in [3.05, 3.63) is 11.1 Å². The first-order chi connectivity index (χ1) is 7.31. The van der Waals surface area contributed by atoms with Gasteiger partial charge in [0.1, 0.15) is 0 Å². The summed E-state index contributed by atoms with van der Waals surface area (Å²) in [4.78, 5) is 6.73. The number of hydrogen-bond acceptors (Lipinski definition) is 4. The van der Waals surface area contributed by atoms with Crippen LogP contribution in [0.25, 0.3) is 0 Å². The molecule has 1 aliphatic rings. The zero-order valence-corrected chi connectivity index (χ0v) is 10.4. The van der Waals surface area contributed by atoms with E-state index in [9.17, 15) is 0 Å². The van der Waals surface area contributed by atoms with Crippen LogP contribution in [0.5, 0.6) is 0 Å². The van der Waals surface area contributed by atoms with Gasteiger partial charge in [-0.05, 0) is 12.8 Å². The lowest BCUT2D eigenvalue weighted by molar-refractivity contribution is 0.0855. The Hall–Kier alpha value is -0.320. The molecule has 0 spiro atoms. The minimum atomic E-state index is 0.498. The van der Waals surface area contributed by atoms with Gasteiger partial charge in [0.2, 0.25) is 0 Å². The Kier molecular flexibility index (Phi) is 3.83. The van der Waals surface area contributed by atoms with Crippen LogP contribution in [0.4, 0.5) is 5.13 Å². The Morgan fingerprint density at radius 3 is 2.93 bits per heavy atom. The van der Waals surface area contributed by atoms with Gasteiger partial charge in [-0.2, -0.15) is 0 Å².